The Labute approximate surface area is 109 Å². The summed E-state index contributed by atoms with van der Waals surface area (Å²) in [5.41, 5.74) is 0.657. The third-order valence-corrected chi connectivity index (χ3v) is 3.05. The highest BCUT2D eigenvalue weighted by atomic mass is 19.1. The highest BCUT2D eigenvalue weighted by molar-refractivity contribution is 5.85. The molecule has 0 saturated carbocycles. The van der Waals surface area contributed by atoms with E-state index in [0.717, 1.165) is 10.8 Å². The topological polar surface area (TPSA) is 46.0 Å². The first-order chi connectivity index (χ1) is 9.27. The highest BCUT2D eigenvalue weighted by Crippen LogP contribution is 2.28. The molecule has 19 heavy (non-hydrogen) atoms. The van der Waals surface area contributed by atoms with Gasteiger partial charge in [-0.1, -0.05) is 18.2 Å². The quantitative estimate of drug-likeness (QED) is 0.764. The Balaban J connectivity index is 2.17. The van der Waals surface area contributed by atoms with Crippen molar-refractivity contribution in [2.24, 2.45) is 0 Å². The summed E-state index contributed by atoms with van der Waals surface area (Å²) in [4.78, 5) is 7.95. The summed E-state index contributed by atoms with van der Waals surface area (Å²) in [5.74, 6) is -0.513. The monoisotopic (exact) mass is 254 g/mol. The highest BCUT2D eigenvalue weighted by Gasteiger charge is 2.18. The molecule has 1 N–H and O–H groups in total. The molecule has 3 aromatic rings. The van der Waals surface area contributed by atoms with Crippen LogP contribution in [0.3, 0.4) is 0 Å². The standard InChI is InChI=1S/C15H11FN2O/c16-13-5-2-7-18-14(13)15(19)12-4-1-3-10-9-17-8-6-11(10)12/h1-9,15,19H. The maximum atomic E-state index is 13.7. The van der Waals surface area contributed by atoms with Gasteiger partial charge in [0.05, 0.1) is 0 Å². The number of aliphatic hydroxyl groups is 1. The number of fused-ring (bicyclic) bond motifs is 1. The summed E-state index contributed by atoms with van der Waals surface area (Å²) in [5, 5.41) is 12.1. The summed E-state index contributed by atoms with van der Waals surface area (Å²) in [6.45, 7) is 0. The van der Waals surface area contributed by atoms with Crippen LogP contribution in [-0.2, 0) is 0 Å². The summed E-state index contributed by atoms with van der Waals surface area (Å²) in [7, 11) is 0. The number of aliphatic hydroxyl groups excluding tert-OH is 1. The average Bonchev–Trinajstić information content (AvgIpc) is 2.46. The van der Waals surface area contributed by atoms with Gasteiger partial charge in [-0.25, -0.2) is 4.39 Å². The summed E-state index contributed by atoms with van der Waals surface area (Å²) < 4.78 is 13.7. The second-order valence-electron chi connectivity index (χ2n) is 4.22. The molecule has 2 aromatic heterocycles. The van der Waals surface area contributed by atoms with Gasteiger partial charge in [0.25, 0.3) is 0 Å². The third-order valence-electron chi connectivity index (χ3n) is 3.05. The zero-order valence-corrected chi connectivity index (χ0v) is 9.99. The molecule has 0 radical (unpaired) electrons. The van der Waals surface area contributed by atoms with Crippen molar-refractivity contribution in [2.45, 2.75) is 6.10 Å². The van der Waals surface area contributed by atoms with E-state index in [2.05, 4.69) is 9.97 Å². The molecule has 0 bridgehead atoms. The molecule has 0 aliphatic carbocycles. The molecule has 94 valence electrons. The van der Waals surface area contributed by atoms with Crippen molar-refractivity contribution >= 4 is 10.8 Å². The van der Waals surface area contributed by atoms with Crippen LogP contribution in [-0.4, -0.2) is 15.1 Å². The number of aromatic nitrogens is 2. The van der Waals surface area contributed by atoms with E-state index in [9.17, 15) is 9.50 Å². The van der Waals surface area contributed by atoms with Crippen molar-refractivity contribution in [3.05, 3.63) is 72.1 Å². The van der Waals surface area contributed by atoms with Crippen LogP contribution in [0, 0.1) is 5.82 Å². The first-order valence-corrected chi connectivity index (χ1v) is 5.88. The van der Waals surface area contributed by atoms with E-state index < -0.39 is 11.9 Å². The van der Waals surface area contributed by atoms with Crippen LogP contribution in [0.2, 0.25) is 0 Å². The molecular formula is C15H11FN2O. The number of rotatable bonds is 2. The molecule has 0 aliphatic heterocycles. The number of benzene rings is 1. The fourth-order valence-corrected chi connectivity index (χ4v) is 2.13. The molecule has 3 nitrogen and oxygen atoms in total. The van der Waals surface area contributed by atoms with Crippen molar-refractivity contribution in [2.75, 3.05) is 0 Å². The van der Waals surface area contributed by atoms with Crippen LogP contribution in [0.1, 0.15) is 17.4 Å². The molecule has 0 fully saturated rings. The second kappa shape index (κ2) is 4.74. The Morgan fingerprint density at radius 3 is 2.79 bits per heavy atom. The molecule has 1 atom stereocenters. The lowest BCUT2D eigenvalue weighted by molar-refractivity contribution is 0.211. The fourth-order valence-electron chi connectivity index (χ4n) is 2.13. The molecule has 0 aliphatic rings. The van der Waals surface area contributed by atoms with Gasteiger partial charge in [0, 0.05) is 24.0 Å². The van der Waals surface area contributed by atoms with Gasteiger partial charge in [-0.2, -0.15) is 0 Å². The number of pyridine rings is 2. The molecule has 2 heterocycles. The summed E-state index contributed by atoms with van der Waals surface area (Å²) >= 11 is 0. The van der Waals surface area contributed by atoms with E-state index in [1.165, 1.54) is 18.3 Å². The molecule has 4 heteroatoms. The molecule has 3 rings (SSSR count). The van der Waals surface area contributed by atoms with Gasteiger partial charge in [-0.15, -0.1) is 0 Å². The minimum absolute atomic E-state index is 0.0341. The first kappa shape index (κ1) is 11.7. The largest absolute Gasteiger partial charge is 0.382 e. The van der Waals surface area contributed by atoms with Crippen LogP contribution >= 0.6 is 0 Å². The van der Waals surface area contributed by atoms with Crippen molar-refractivity contribution in [3.63, 3.8) is 0 Å². The number of hydrogen-bond acceptors (Lipinski definition) is 3. The maximum Gasteiger partial charge on any atom is 0.147 e. The van der Waals surface area contributed by atoms with Gasteiger partial charge < -0.3 is 5.11 Å². The van der Waals surface area contributed by atoms with Crippen molar-refractivity contribution < 1.29 is 9.50 Å². The van der Waals surface area contributed by atoms with Gasteiger partial charge >= 0.3 is 0 Å². The Bertz CT molecular complexity index is 725. The molecule has 1 unspecified atom stereocenters. The lowest BCUT2D eigenvalue weighted by atomic mass is 9.99. The first-order valence-electron chi connectivity index (χ1n) is 5.88. The van der Waals surface area contributed by atoms with E-state index in [1.807, 2.05) is 12.1 Å². The Kier molecular flexibility index (Phi) is 2.93. The lowest BCUT2D eigenvalue weighted by Gasteiger charge is -2.13. The van der Waals surface area contributed by atoms with Gasteiger partial charge in [0.2, 0.25) is 0 Å². The molecule has 1 aromatic carbocycles. The van der Waals surface area contributed by atoms with E-state index in [-0.39, 0.29) is 5.69 Å². The predicted molar refractivity (Wildman–Crippen MR) is 70.0 cm³/mol. The van der Waals surface area contributed by atoms with Crippen LogP contribution in [0.4, 0.5) is 4.39 Å². The SMILES string of the molecule is OC(c1ncccc1F)c1cccc2cnccc12. The van der Waals surface area contributed by atoms with E-state index in [0.29, 0.717) is 5.56 Å². The van der Waals surface area contributed by atoms with Gasteiger partial charge in [0.1, 0.15) is 17.6 Å². The average molecular weight is 254 g/mol. The predicted octanol–water partition coefficient (Wildman–Crippen LogP) is 2.85. The van der Waals surface area contributed by atoms with E-state index in [1.54, 1.807) is 24.5 Å². The van der Waals surface area contributed by atoms with E-state index in [4.69, 9.17) is 0 Å². The Morgan fingerprint density at radius 2 is 1.95 bits per heavy atom. The second-order valence-corrected chi connectivity index (χ2v) is 4.22. The lowest BCUT2D eigenvalue weighted by Crippen LogP contribution is -2.05. The molecule has 0 amide bonds. The third kappa shape index (κ3) is 2.06. The zero-order chi connectivity index (χ0) is 13.2. The van der Waals surface area contributed by atoms with Crippen LogP contribution in [0.15, 0.2) is 55.0 Å². The maximum absolute atomic E-state index is 13.7. The smallest absolute Gasteiger partial charge is 0.147 e. The van der Waals surface area contributed by atoms with Gasteiger partial charge in [0.15, 0.2) is 0 Å². The van der Waals surface area contributed by atoms with Crippen LogP contribution < -0.4 is 0 Å². The van der Waals surface area contributed by atoms with Gasteiger partial charge in [-0.3, -0.25) is 9.97 Å². The van der Waals surface area contributed by atoms with E-state index >= 15 is 0 Å². The number of halogens is 1. The molecular weight excluding hydrogens is 243 g/mol. The minimum Gasteiger partial charge on any atom is -0.382 e. The normalized spacial score (nSPS) is 12.5. The van der Waals surface area contributed by atoms with Crippen LogP contribution in [0.25, 0.3) is 10.8 Å². The van der Waals surface area contributed by atoms with Crippen molar-refractivity contribution in [3.8, 4) is 0 Å². The Hall–Kier alpha value is -2.33. The van der Waals surface area contributed by atoms with Crippen LogP contribution in [0.5, 0.6) is 0 Å². The summed E-state index contributed by atoms with van der Waals surface area (Å²) in [6, 6.07) is 10.1. The van der Waals surface area contributed by atoms with Gasteiger partial charge in [-0.05, 0) is 29.1 Å². The van der Waals surface area contributed by atoms with Crippen molar-refractivity contribution in [1.29, 1.82) is 0 Å². The number of hydrogen-bond donors (Lipinski definition) is 1. The molecule has 0 saturated heterocycles. The van der Waals surface area contributed by atoms with Crippen molar-refractivity contribution in [1.82, 2.24) is 9.97 Å². The zero-order valence-electron chi connectivity index (χ0n) is 9.99. The minimum atomic E-state index is -1.09. The number of nitrogens with zero attached hydrogens (tertiary/aromatic N) is 2. The fraction of sp³-hybridized carbons (Fsp3) is 0.0667. The molecule has 0 spiro atoms. The Morgan fingerprint density at radius 1 is 1.05 bits per heavy atom. The summed E-state index contributed by atoms with van der Waals surface area (Å²) in [6.07, 6.45) is 3.73.